The summed E-state index contributed by atoms with van der Waals surface area (Å²) in [4.78, 5) is 15.4. The van der Waals surface area contributed by atoms with Crippen molar-refractivity contribution in [2.24, 2.45) is 0 Å². The Bertz CT molecular complexity index is 922. The minimum Gasteiger partial charge on any atom is -0.336 e. The first-order valence-electron chi connectivity index (χ1n) is 9.92. The molecular weight excluding hydrogens is 408 g/mol. The Labute approximate surface area is 178 Å². The zero-order valence-corrected chi connectivity index (χ0v) is 18.3. The van der Waals surface area contributed by atoms with E-state index in [0.29, 0.717) is 11.4 Å². The molecule has 1 N–H and O–H groups in total. The van der Waals surface area contributed by atoms with Gasteiger partial charge in [-0.25, -0.2) is 8.42 Å². The second-order valence-electron chi connectivity index (χ2n) is 7.69. The van der Waals surface area contributed by atoms with E-state index in [0.717, 1.165) is 24.8 Å². The number of amides is 1. The van der Waals surface area contributed by atoms with E-state index in [2.05, 4.69) is 4.72 Å². The third kappa shape index (κ3) is 5.38. The molecule has 156 valence electrons. The molecule has 3 rings (SSSR count). The maximum atomic E-state index is 13.5. The molecule has 1 amide bonds. The fraction of sp³-hybridized carbons (Fsp3) is 0.409. The predicted octanol–water partition coefficient (Wildman–Crippen LogP) is 4.02. The van der Waals surface area contributed by atoms with Crippen LogP contribution >= 0.6 is 11.6 Å². The highest BCUT2D eigenvalue weighted by Crippen LogP contribution is 2.24. The van der Waals surface area contributed by atoms with Crippen LogP contribution < -0.4 is 4.72 Å². The third-order valence-corrected chi connectivity index (χ3v) is 7.19. The molecular formula is C22H27ClN2O3S. The molecule has 0 aromatic heterocycles. The molecule has 3 atom stereocenters. The maximum Gasteiger partial charge on any atom is 0.241 e. The van der Waals surface area contributed by atoms with E-state index >= 15 is 0 Å². The standard InChI is InChI=1S/C22H27ClN2O3S/c1-16-7-6-8-17(2)25(16)22(26)21(15-18-9-4-3-5-10-18)24-29(27,28)20-13-11-19(23)12-14-20/h3-5,9-14,16-17,21,24H,6-8,15H2,1-2H3. The SMILES string of the molecule is CC1CCCC(C)N1C(=O)C(Cc1ccccc1)NS(=O)(=O)c1ccc(Cl)cc1. The molecule has 0 radical (unpaired) electrons. The van der Waals surface area contributed by atoms with Crippen molar-refractivity contribution in [2.45, 2.75) is 62.6 Å². The quantitative estimate of drug-likeness (QED) is 0.746. The minimum absolute atomic E-state index is 0.0876. The smallest absolute Gasteiger partial charge is 0.241 e. The maximum absolute atomic E-state index is 13.5. The summed E-state index contributed by atoms with van der Waals surface area (Å²) in [7, 11) is -3.87. The molecule has 0 bridgehead atoms. The van der Waals surface area contributed by atoms with Crippen LogP contribution in [-0.2, 0) is 21.2 Å². The van der Waals surface area contributed by atoms with Crippen LogP contribution in [0, 0.1) is 0 Å². The Morgan fingerprint density at radius 1 is 1.07 bits per heavy atom. The summed E-state index contributed by atoms with van der Waals surface area (Å²) in [6.45, 7) is 4.06. The van der Waals surface area contributed by atoms with Gasteiger partial charge in [0.15, 0.2) is 0 Å². The van der Waals surface area contributed by atoms with Crippen LogP contribution in [0.3, 0.4) is 0 Å². The zero-order valence-electron chi connectivity index (χ0n) is 16.7. The van der Waals surface area contributed by atoms with E-state index in [1.165, 1.54) is 24.3 Å². The van der Waals surface area contributed by atoms with Crippen molar-refractivity contribution >= 4 is 27.5 Å². The molecule has 5 nitrogen and oxygen atoms in total. The van der Waals surface area contributed by atoms with Gasteiger partial charge in [0.2, 0.25) is 15.9 Å². The number of hydrogen-bond donors (Lipinski definition) is 1. The molecule has 2 aromatic rings. The molecule has 3 unspecified atom stereocenters. The van der Waals surface area contributed by atoms with E-state index in [4.69, 9.17) is 11.6 Å². The van der Waals surface area contributed by atoms with Gasteiger partial charge in [-0.15, -0.1) is 0 Å². The number of nitrogens with zero attached hydrogens (tertiary/aromatic N) is 1. The number of sulfonamides is 1. The molecule has 0 aliphatic carbocycles. The van der Waals surface area contributed by atoms with Crippen molar-refractivity contribution in [2.75, 3.05) is 0 Å². The number of piperidine rings is 1. The minimum atomic E-state index is -3.87. The van der Waals surface area contributed by atoms with Gasteiger partial charge in [-0.1, -0.05) is 41.9 Å². The Balaban J connectivity index is 1.90. The molecule has 1 heterocycles. The number of halogens is 1. The largest absolute Gasteiger partial charge is 0.336 e. The van der Waals surface area contributed by atoms with Crippen LogP contribution in [0.5, 0.6) is 0 Å². The second-order valence-corrected chi connectivity index (χ2v) is 9.84. The average molecular weight is 435 g/mol. The Hall–Kier alpha value is -1.89. The number of carbonyl (C=O) groups excluding carboxylic acids is 1. The second kappa shape index (κ2) is 9.28. The van der Waals surface area contributed by atoms with Gasteiger partial charge in [0.25, 0.3) is 0 Å². The lowest BCUT2D eigenvalue weighted by Crippen LogP contribution is -2.56. The van der Waals surface area contributed by atoms with Gasteiger partial charge in [0, 0.05) is 17.1 Å². The summed E-state index contributed by atoms with van der Waals surface area (Å²) in [6, 6.07) is 14.7. The first-order valence-corrected chi connectivity index (χ1v) is 11.8. The van der Waals surface area contributed by atoms with Gasteiger partial charge in [-0.2, -0.15) is 4.72 Å². The molecule has 0 saturated carbocycles. The number of nitrogens with one attached hydrogen (secondary N) is 1. The summed E-state index contributed by atoms with van der Waals surface area (Å²) >= 11 is 5.88. The van der Waals surface area contributed by atoms with Crippen LogP contribution in [0.15, 0.2) is 59.5 Å². The molecule has 7 heteroatoms. The van der Waals surface area contributed by atoms with Crippen LogP contribution in [0.25, 0.3) is 0 Å². The Morgan fingerprint density at radius 2 is 1.66 bits per heavy atom. The number of hydrogen-bond acceptors (Lipinski definition) is 3. The van der Waals surface area contributed by atoms with Crippen LogP contribution in [0.2, 0.25) is 5.02 Å². The first-order chi connectivity index (χ1) is 13.8. The van der Waals surface area contributed by atoms with Crippen molar-refractivity contribution in [3.05, 3.63) is 65.2 Å². The lowest BCUT2D eigenvalue weighted by atomic mass is 9.95. The number of benzene rings is 2. The highest BCUT2D eigenvalue weighted by atomic mass is 35.5. The van der Waals surface area contributed by atoms with E-state index in [-0.39, 0.29) is 22.9 Å². The molecule has 1 saturated heterocycles. The van der Waals surface area contributed by atoms with Crippen molar-refractivity contribution in [1.29, 1.82) is 0 Å². The van der Waals surface area contributed by atoms with Crippen molar-refractivity contribution in [3.63, 3.8) is 0 Å². The van der Waals surface area contributed by atoms with E-state index in [1.54, 1.807) is 0 Å². The van der Waals surface area contributed by atoms with Gasteiger partial charge in [0.05, 0.1) is 4.90 Å². The molecule has 1 fully saturated rings. The highest BCUT2D eigenvalue weighted by molar-refractivity contribution is 7.89. The van der Waals surface area contributed by atoms with Gasteiger partial charge < -0.3 is 4.90 Å². The lowest BCUT2D eigenvalue weighted by molar-refractivity contribution is -0.139. The summed E-state index contributed by atoms with van der Waals surface area (Å²) in [5.74, 6) is -0.175. The van der Waals surface area contributed by atoms with Gasteiger partial charge in [-0.05, 0) is 69.4 Å². The topological polar surface area (TPSA) is 66.5 Å². The summed E-state index contributed by atoms with van der Waals surface area (Å²) in [6.07, 6.45) is 3.23. The number of carbonyl (C=O) groups is 1. The normalized spacial score (nSPS) is 21.0. The predicted molar refractivity (Wildman–Crippen MR) is 115 cm³/mol. The van der Waals surface area contributed by atoms with Crippen molar-refractivity contribution < 1.29 is 13.2 Å². The van der Waals surface area contributed by atoms with Crippen LogP contribution in [-0.4, -0.2) is 37.4 Å². The highest BCUT2D eigenvalue weighted by Gasteiger charge is 2.35. The number of rotatable bonds is 6. The molecule has 2 aromatic carbocycles. The average Bonchev–Trinajstić information content (AvgIpc) is 2.68. The molecule has 0 spiro atoms. The summed E-state index contributed by atoms with van der Waals surface area (Å²) in [5.41, 5.74) is 0.905. The molecule has 1 aliphatic heterocycles. The monoisotopic (exact) mass is 434 g/mol. The van der Waals surface area contributed by atoms with E-state index in [1.807, 2.05) is 49.1 Å². The Morgan fingerprint density at radius 3 is 2.24 bits per heavy atom. The van der Waals surface area contributed by atoms with Crippen LogP contribution in [0.4, 0.5) is 0 Å². The third-order valence-electron chi connectivity index (χ3n) is 5.45. The van der Waals surface area contributed by atoms with Gasteiger partial charge >= 0.3 is 0 Å². The lowest BCUT2D eigenvalue weighted by Gasteiger charge is -2.41. The van der Waals surface area contributed by atoms with Crippen molar-refractivity contribution in [3.8, 4) is 0 Å². The summed E-state index contributed by atoms with van der Waals surface area (Å²) in [5, 5.41) is 0.455. The van der Waals surface area contributed by atoms with E-state index in [9.17, 15) is 13.2 Å². The fourth-order valence-electron chi connectivity index (χ4n) is 3.93. The van der Waals surface area contributed by atoms with Crippen molar-refractivity contribution in [1.82, 2.24) is 9.62 Å². The van der Waals surface area contributed by atoms with Gasteiger partial charge in [0.1, 0.15) is 6.04 Å². The molecule has 29 heavy (non-hydrogen) atoms. The number of likely N-dealkylation sites (tertiary alicyclic amines) is 1. The zero-order chi connectivity index (χ0) is 21.0. The fourth-order valence-corrected chi connectivity index (χ4v) is 5.25. The van der Waals surface area contributed by atoms with Gasteiger partial charge in [-0.3, -0.25) is 4.79 Å². The summed E-state index contributed by atoms with van der Waals surface area (Å²) < 4.78 is 28.6. The Kier molecular flexibility index (Phi) is 6.98. The molecule has 1 aliphatic rings. The van der Waals surface area contributed by atoms with E-state index < -0.39 is 16.1 Å². The van der Waals surface area contributed by atoms with Crippen LogP contribution in [0.1, 0.15) is 38.7 Å². The first kappa shape index (κ1) is 21.8.